The van der Waals surface area contributed by atoms with Gasteiger partial charge in [0, 0.05) is 5.56 Å². The van der Waals surface area contributed by atoms with Crippen LogP contribution in [0.3, 0.4) is 0 Å². The number of carbonyl (C=O) groups excluding carboxylic acids is 1. The van der Waals surface area contributed by atoms with Crippen LogP contribution in [0.4, 0.5) is 0 Å². The summed E-state index contributed by atoms with van der Waals surface area (Å²) in [7, 11) is 0. The van der Waals surface area contributed by atoms with Crippen LogP contribution < -0.4 is 5.43 Å². The molecule has 1 aromatic carbocycles. The fraction of sp³-hybridized carbons (Fsp3) is 0.200. The van der Waals surface area contributed by atoms with E-state index in [9.17, 15) is 4.79 Å². The molecule has 2 rings (SSSR count). The highest BCUT2D eigenvalue weighted by Crippen LogP contribution is 2.21. The van der Waals surface area contributed by atoms with Crippen LogP contribution in [0, 0.1) is 0 Å². The van der Waals surface area contributed by atoms with Gasteiger partial charge in [-0.2, -0.15) is 5.10 Å². The van der Waals surface area contributed by atoms with Crippen molar-refractivity contribution in [1.29, 1.82) is 0 Å². The van der Waals surface area contributed by atoms with Gasteiger partial charge in [0.25, 0.3) is 0 Å². The van der Waals surface area contributed by atoms with Crippen LogP contribution in [-0.2, 0) is 15.3 Å². The van der Waals surface area contributed by atoms with Gasteiger partial charge in [0.15, 0.2) is 6.29 Å². The molecule has 1 N–H and O–H groups in total. The average molecular weight is 190 g/mol. The molecule has 14 heavy (non-hydrogen) atoms. The van der Waals surface area contributed by atoms with Gasteiger partial charge in [-0.15, -0.1) is 0 Å². The summed E-state index contributed by atoms with van der Waals surface area (Å²) in [5.74, 6) is 0. The first kappa shape index (κ1) is 8.90. The van der Waals surface area contributed by atoms with Gasteiger partial charge in [-0.1, -0.05) is 30.3 Å². The number of hydrogen-bond donors (Lipinski definition) is 1. The second-order valence-corrected chi connectivity index (χ2v) is 2.95. The van der Waals surface area contributed by atoms with Gasteiger partial charge < -0.3 is 4.74 Å². The smallest absolute Gasteiger partial charge is 0.237 e. The fourth-order valence-corrected chi connectivity index (χ4v) is 1.34. The predicted octanol–water partition coefficient (Wildman–Crippen LogP) is 0.644. The zero-order valence-electron chi connectivity index (χ0n) is 7.51. The van der Waals surface area contributed by atoms with Crippen molar-refractivity contribution >= 4 is 12.5 Å². The van der Waals surface area contributed by atoms with Crippen LogP contribution in [0.5, 0.6) is 0 Å². The number of ether oxygens (including phenoxy) is 1. The molecule has 0 amide bonds. The number of aldehydes is 1. The summed E-state index contributed by atoms with van der Waals surface area (Å²) in [6.07, 6.45) is 2.30. The quantitative estimate of drug-likeness (QED) is 0.696. The first-order chi connectivity index (χ1) is 6.87. The Morgan fingerprint density at radius 2 is 2.21 bits per heavy atom. The van der Waals surface area contributed by atoms with Gasteiger partial charge in [0.05, 0.1) is 12.8 Å². The molecule has 1 aliphatic rings. The molecule has 0 saturated carbocycles. The third-order valence-corrected chi connectivity index (χ3v) is 2.08. The van der Waals surface area contributed by atoms with Gasteiger partial charge in [-0.25, -0.2) is 0 Å². The first-order valence-electron chi connectivity index (χ1n) is 4.32. The first-order valence-corrected chi connectivity index (χ1v) is 4.32. The van der Waals surface area contributed by atoms with Gasteiger partial charge in [-0.05, 0) is 0 Å². The van der Waals surface area contributed by atoms with E-state index in [-0.39, 0.29) is 0 Å². The maximum absolute atomic E-state index is 11.0. The molecule has 0 aliphatic carbocycles. The lowest BCUT2D eigenvalue weighted by Crippen LogP contribution is -2.46. The number of carbonyl (C=O) groups is 1. The predicted molar refractivity (Wildman–Crippen MR) is 51.8 cm³/mol. The molecular formula is C10H10N2O2. The molecule has 1 unspecified atom stereocenters. The molecule has 4 heteroatoms. The van der Waals surface area contributed by atoms with Gasteiger partial charge in [-0.3, -0.25) is 10.2 Å². The summed E-state index contributed by atoms with van der Waals surface area (Å²) in [5.41, 5.74) is 2.32. The Labute approximate surface area is 81.6 Å². The Balaban J connectivity index is 2.38. The molecule has 1 atom stereocenters. The Bertz CT molecular complexity index is 350. The van der Waals surface area contributed by atoms with Gasteiger partial charge in [0.1, 0.15) is 0 Å². The minimum Gasteiger partial charge on any atom is -0.338 e. The Kier molecular flexibility index (Phi) is 2.28. The van der Waals surface area contributed by atoms with Crippen LogP contribution in [0.25, 0.3) is 0 Å². The summed E-state index contributed by atoms with van der Waals surface area (Å²) >= 11 is 0. The highest BCUT2D eigenvalue weighted by atomic mass is 16.5. The fourth-order valence-electron chi connectivity index (χ4n) is 1.34. The third-order valence-electron chi connectivity index (χ3n) is 2.08. The monoisotopic (exact) mass is 190 g/mol. The third kappa shape index (κ3) is 1.40. The SMILES string of the molecule is O=CC1(c2ccccc2)NN=CCO1. The van der Waals surface area contributed by atoms with E-state index < -0.39 is 5.72 Å². The Hall–Kier alpha value is -1.68. The molecule has 72 valence electrons. The Morgan fingerprint density at radius 3 is 2.79 bits per heavy atom. The standard InChI is InChI=1S/C10H10N2O2/c13-8-10(12-11-6-7-14-10)9-4-2-1-3-5-9/h1-6,8,12H,7H2. The maximum atomic E-state index is 11.0. The molecule has 1 aliphatic heterocycles. The van der Waals surface area contributed by atoms with E-state index in [0.29, 0.717) is 6.61 Å². The summed E-state index contributed by atoms with van der Waals surface area (Å²) < 4.78 is 5.37. The summed E-state index contributed by atoms with van der Waals surface area (Å²) in [5, 5.41) is 3.85. The topological polar surface area (TPSA) is 50.7 Å². The summed E-state index contributed by atoms with van der Waals surface area (Å²) in [6, 6.07) is 9.23. The number of nitrogens with zero attached hydrogens (tertiary/aromatic N) is 1. The number of hydrazone groups is 1. The highest BCUT2D eigenvalue weighted by Gasteiger charge is 2.33. The lowest BCUT2D eigenvalue weighted by Gasteiger charge is -2.30. The zero-order chi connectivity index (χ0) is 9.86. The van der Waals surface area contributed by atoms with Crippen LogP contribution in [0.2, 0.25) is 0 Å². The number of rotatable bonds is 2. The van der Waals surface area contributed by atoms with Crippen molar-refractivity contribution in [1.82, 2.24) is 5.43 Å². The minimum atomic E-state index is -1.12. The molecular weight excluding hydrogens is 180 g/mol. The van der Waals surface area contributed by atoms with E-state index in [2.05, 4.69) is 10.5 Å². The lowest BCUT2D eigenvalue weighted by atomic mass is 10.0. The molecule has 0 spiro atoms. The van der Waals surface area contributed by atoms with Crippen molar-refractivity contribution in [2.24, 2.45) is 5.10 Å². The zero-order valence-corrected chi connectivity index (χ0v) is 7.51. The normalized spacial score (nSPS) is 25.4. The van der Waals surface area contributed by atoms with Crippen LogP contribution in [-0.4, -0.2) is 19.1 Å². The largest absolute Gasteiger partial charge is 0.338 e. The van der Waals surface area contributed by atoms with E-state index in [1.165, 1.54) is 0 Å². The van der Waals surface area contributed by atoms with Gasteiger partial charge >= 0.3 is 0 Å². The molecule has 0 aromatic heterocycles. The second-order valence-electron chi connectivity index (χ2n) is 2.95. The van der Waals surface area contributed by atoms with Crippen molar-refractivity contribution in [2.45, 2.75) is 5.72 Å². The number of nitrogens with one attached hydrogen (secondary N) is 1. The van der Waals surface area contributed by atoms with E-state index in [0.717, 1.165) is 11.8 Å². The molecule has 0 fully saturated rings. The average Bonchev–Trinajstić information content (AvgIpc) is 2.31. The maximum Gasteiger partial charge on any atom is 0.237 e. The molecule has 1 aromatic rings. The lowest BCUT2D eigenvalue weighted by molar-refractivity contribution is -0.136. The van der Waals surface area contributed by atoms with Crippen LogP contribution in [0.1, 0.15) is 5.56 Å². The van der Waals surface area contributed by atoms with Crippen molar-refractivity contribution < 1.29 is 9.53 Å². The van der Waals surface area contributed by atoms with Crippen molar-refractivity contribution in [2.75, 3.05) is 6.61 Å². The number of benzene rings is 1. The van der Waals surface area contributed by atoms with Crippen molar-refractivity contribution in [3.63, 3.8) is 0 Å². The van der Waals surface area contributed by atoms with E-state index >= 15 is 0 Å². The minimum absolute atomic E-state index is 0.334. The number of hydrogen-bond acceptors (Lipinski definition) is 4. The molecule has 0 saturated heterocycles. The molecule has 4 nitrogen and oxygen atoms in total. The van der Waals surface area contributed by atoms with E-state index in [4.69, 9.17) is 4.74 Å². The summed E-state index contributed by atoms with van der Waals surface area (Å²) in [4.78, 5) is 11.0. The molecule has 1 heterocycles. The molecule has 0 radical (unpaired) electrons. The van der Waals surface area contributed by atoms with Crippen LogP contribution >= 0.6 is 0 Å². The van der Waals surface area contributed by atoms with Crippen molar-refractivity contribution in [3.05, 3.63) is 35.9 Å². The summed E-state index contributed by atoms with van der Waals surface area (Å²) in [6.45, 7) is 0.334. The van der Waals surface area contributed by atoms with Crippen molar-refractivity contribution in [3.8, 4) is 0 Å². The van der Waals surface area contributed by atoms with E-state index in [1.54, 1.807) is 6.21 Å². The molecule has 0 bridgehead atoms. The van der Waals surface area contributed by atoms with Crippen LogP contribution in [0.15, 0.2) is 35.4 Å². The second kappa shape index (κ2) is 3.59. The van der Waals surface area contributed by atoms with Gasteiger partial charge in [0.2, 0.25) is 5.72 Å². The van der Waals surface area contributed by atoms with E-state index in [1.807, 2.05) is 30.3 Å². The Morgan fingerprint density at radius 1 is 1.43 bits per heavy atom. The highest BCUT2D eigenvalue weighted by molar-refractivity contribution is 5.68.